The fraction of sp³-hybridized carbons (Fsp3) is 0.269. The van der Waals surface area contributed by atoms with Crippen LogP contribution in [-0.2, 0) is 21.4 Å². The van der Waals surface area contributed by atoms with Crippen molar-refractivity contribution in [2.75, 3.05) is 18.0 Å². The molecule has 0 aliphatic heterocycles. The SMILES string of the molecule is COc1ccc(N(CC(=O)NCc2cccc(OC(C)C)c2)S(=O)(=O)c2ccc(C)cc2)cc1. The number of benzene rings is 3. The Bertz CT molecular complexity index is 1210. The van der Waals surface area contributed by atoms with Crippen LogP contribution < -0.4 is 19.1 Å². The molecule has 0 fully saturated rings. The van der Waals surface area contributed by atoms with E-state index in [9.17, 15) is 13.2 Å². The zero-order chi connectivity index (χ0) is 24.7. The fourth-order valence-electron chi connectivity index (χ4n) is 3.29. The number of carbonyl (C=O) groups is 1. The molecule has 3 aromatic carbocycles. The summed E-state index contributed by atoms with van der Waals surface area (Å²) in [5, 5.41) is 2.81. The van der Waals surface area contributed by atoms with Gasteiger partial charge in [0.1, 0.15) is 18.0 Å². The first kappa shape index (κ1) is 25.1. The first-order valence-electron chi connectivity index (χ1n) is 10.9. The van der Waals surface area contributed by atoms with Crippen molar-refractivity contribution in [3.05, 3.63) is 83.9 Å². The van der Waals surface area contributed by atoms with E-state index in [0.29, 0.717) is 17.2 Å². The molecule has 0 unspecified atom stereocenters. The smallest absolute Gasteiger partial charge is 0.264 e. The molecule has 3 rings (SSSR count). The van der Waals surface area contributed by atoms with Crippen LogP contribution in [0.15, 0.2) is 77.7 Å². The van der Waals surface area contributed by atoms with Gasteiger partial charge < -0.3 is 14.8 Å². The maximum Gasteiger partial charge on any atom is 0.264 e. The van der Waals surface area contributed by atoms with Crippen molar-refractivity contribution in [1.29, 1.82) is 0 Å². The second kappa shape index (κ2) is 11.1. The van der Waals surface area contributed by atoms with Crippen LogP contribution in [-0.4, -0.2) is 34.1 Å². The van der Waals surface area contributed by atoms with Gasteiger partial charge in [-0.05, 0) is 74.9 Å². The molecular formula is C26H30N2O5S. The lowest BCUT2D eigenvalue weighted by molar-refractivity contribution is -0.119. The number of aryl methyl sites for hydroxylation is 1. The maximum absolute atomic E-state index is 13.5. The second-order valence-corrected chi connectivity index (χ2v) is 9.98. The molecule has 8 heteroatoms. The van der Waals surface area contributed by atoms with Crippen molar-refractivity contribution in [3.63, 3.8) is 0 Å². The number of anilines is 1. The molecule has 0 aliphatic rings. The molecule has 34 heavy (non-hydrogen) atoms. The fourth-order valence-corrected chi connectivity index (χ4v) is 4.71. The van der Waals surface area contributed by atoms with E-state index in [1.165, 1.54) is 7.11 Å². The van der Waals surface area contributed by atoms with Gasteiger partial charge in [-0.25, -0.2) is 8.42 Å². The van der Waals surface area contributed by atoms with Gasteiger partial charge >= 0.3 is 0 Å². The van der Waals surface area contributed by atoms with E-state index in [1.54, 1.807) is 48.5 Å². The quantitative estimate of drug-likeness (QED) is 0.466. The second-order valence-electron chi connectivity index (χ2n) is 8.11. The third-order valence-electron chi connectivity index (χ3n) is 5.02. The van der Waals surface area contributed by atoms with Gasteiger partial charge in [-0.1, -0.05) is 29.8 Å². The summed E-state index contributed by atoms with van der Waals surface area (Å²) in [6.45, 7) is 5.64. The van der Waals surface area contributed by atoms with Crippen LogP contribution >= 0.6 is 0 Å². The number of hydrogen-bond acceptors (Lipinski definition) is 5. The molecule has 1 amide bonds. The van der Waals surface area contributed by atoms with E-state index in [0.717, 1.165) is 15.4 Å². The normalized spacial score (nSPS) is 11.2. The molecule has 0 saturated heterocycles. The number of rotatable bonds is 10. The minimum absolute atomic E-state index is 0.0369. The highest BCUT2D eigenvalue weighted by Crippen LogP contribution is 2.26. The minimum atomic E-state index is -3.98. The van der Waals surface area contributed by atoms with E-state index >= 15 is 0 Å². The lowest BCUT2D eigenvalue weighted by Crippen LogP contribution is -2.40. The molecule has 0 radical (unpaired) electrons. The first-order valence-corrected chi connectivity index (χ1v) is 12.4. The van der Waals surface area contributed by atoms with Gasteiger partial charge in [-0.15, -0.1) is 0 Å². The Kier molecular flexibility index (Phi) is 8.17. The summed E-state index contributed by atoms with van der Waals surface area (Å²) in [6.07, 6.45) is 0.0369. The molecule has 0 aliphatic carbocycles. The topological polar surface area (TPSA) is 84.9 Å². The number of hydrogen-bond donors (Lipinski definition) is 1. The molecule has 1 N–H and O–H groups in total. The summed E-state index contributed by atoms with van der Waals surface area (Å²) >= 11 is 0. The molecule has 180 valence electrons. The molecule has 0 saturated carbocycles. The number of ether oxygens (including phenoxy) is 2. The van der Waals surface area contributed by atoms with Gasteiger partial charge in [0.2, 0.25) is 5.91 Å². The number of sulfonamides is 1. The average Bonchev–Trinajstić information content (AvgIpc) is 2.81. The third-order valence-corrected chi connectivity index (χ3v) is 6.80. The number of nitrogens with one attached hydrogen (secondary N) is 1. The van der Waals surface area contributed by atoms with Crippen molar-refractivity contribution in [2.45, 2.75) is 38.3 Å². The van der Waals surface area contributed by atoms with Crippen LogP contribution in [0.3, 0.4) is 0 Å². The monoisotopic (exact) mass is 482 g/mol. The third kappa shape index (κ3) is 6.51. The number of nitrogens with zero attached hydrogens (tertiary/aromatic N) is 1. The molecular weight excluding hydrogens is 452 g/mol. The van der Waals surface area contributed by atoms with E-state index in [-0.39, 0.29) is 24.1 Å². The summed E-state index contributed by atoms with van der Waals surface area (Å²) < 4.78 is 38.9. The van der Waals surface area contributed by atoms with Crippen molar-refractivity contribution in [3.8, 4) is 11.5 Å². The summed E-state index contributed by atoms with van der Waals surface area (Å²) in [5.74, 6) is 0.870. The lowest BCUT2D eigenvalue weighted by Gasteiger charge is -2.24. The largest absolute Gasteiger partial charge is 0.497 e. The predicted molar refractivity (Wildman–Crippen MR) is 133 cm³/mol. The first-order chi connectivity index (χ1) is 16.2. The van der Waals surface area contributed by atoms with E-state index in [4.69, 9.17) is 9.47 Å². The van der Waals surface area contributed by atoms with Crippen molar-refractivity contribution < 1.29 is 22.7 Å². The minimum Gasteiger partial charge on any atom is -0.497 e. The standard InChI is InChI=1S/C26H30N2O5S/c1-19(2)33-24-7-5-6-21(16-24)17-27-26(29)18-28(22-10-12-23(32-4)13-11-22)34(30,31)25-14-8-20(3)9-15-25/h5-16,19H,17-18H2,1-4H3,(H,27,29). The zero-order valence-electron chi connectivity index (χ0n) is 19.8. The van der Waals surface area contributed by atoms with Gasteiger partial charge in [0.15, 0.2) is 0 Å². The Morgan fingerprint density at radius 2 is 1.65 bits per heavy atom. The molecule has 0 aromatic heterocycles. The van der Waals surface area contributed by atoms with Crippen molar-refractivity contribution in [2.24, 2.45) is 0 Å². The van der Waals surface area contributed by atoms with E-state index in [2.05, 4.69) is 5.32 Å². The number of methoxy groups -OCH3 is 1. The molecule has 0 atom stereocenters. The molecule has 3 aromatic rings. The van der Waals surface area contributed by atoms with Crippen LogP contribution in [0.2, 0.25) is 0 Å². The summed E-state index contributed by atoms with van der Waals surface area (Å²) in [7, 11) is -2.44. The molecule has 0 spiro atoms. The highest BCUT2D eigenvalue weighted by atomic mass is 32.2. The van der Waals surface area contributed by atoms with Gasteiger partial charge in [-0.2, -0.15) is 0 Å². The highest BCUT2D eigenvalue weighted by molar-refractivity contribution is 7.92. The molecule has 7 nitrogen and oxygen atoms in total. The van der Waals surface area contributed by atoms with Gasteiger partial charge in [0.05, 0.1) is 23.8 Å². The molecule has 0 bridgehead atoms. The molecule has 0 heterocycles. The van der Waals surface area contributed by atoms with Crippen LogP contribution in [0, 0.1) is 6.92 Å². The van der Waals surface area contributed by atoms with Gasteiger partial charge in [0.25, 0.3) is 10.0 Å². The Balaban J connectivity index is 1.81. The lowest BCUT2D eigenvalue weighted by atomic mass is 10.2. The van der Waals surface area contributed by atoms with Crippen molar-refractivity contribution >= 4 is 21.6 Å². The van der Waals surface area contributed by atoms with Gasteiger partial charge in [0, 0.05) is 6.54 Å². The Labute approximate surface area is 201 Å². The zero-order valence-corrected chi connectivity index (χ0v) is 20.6. The maximum atomic E-state index is 13.5. The summed E-state index contributed by atoms with van der Waals surface area (Å²) in [5.41, 5.74) is 2.16. The summed E-state index contributed by atoms with van der Waals surface area (Å²) in [4.78, 5) is 13.0. The van der Waals surface area contributed by atoms with Gasteiger partial charge in [-0.3, -0.25) is 9.10 Å². The van der Waals surface area contributed by atoms with Crippen LogP contribution in [0.1, 0.15) is 25.0 Å². The predicted octanol–water partition coefficient (Wildman–Crippen LogP) is 4.30. The van der Waals surface area contributed by atoms with E-state index in [1.807, 2.05) is 45.0 Å². The number of carbonyl (C=O) groups excluding carboxylic acids is 1. The summed E-state index contributed by atoms with van der Waals surface area (Å²) in [6, 6.07) is 20.5. The van der Waals surface area contributed by atoms with Crippen LogP contribution in [0.25, 0.3) is 0 Å². The van der Waals surface area contributed by atoms with Crippen LogP contribution in [0.4, 0.5) is 5.69 Å². The van der Waals surface area contributed by atoms with Crippen molar-refractivity contribution in [1.82, 2.24) is 5.32 Å². The number of amides is 1. The van der Waals surface area contributed by atoms with Crippen LogP contribution in [0.5, 0.6) is 11.5 Å². The highest BCUT2D eigenvalue weighted by Gasteiger charge is 2.27. The van der Waals surface area contributed by atoms with E-state index < -0.39 is 15.9 Å². The Hall–Kier alpha value is -3.52. The average molecular weight is 483 g/mol. The Morgan fingerprint density at radius 1 is 0.971 bits per heavy atom. The Morgan fingerprint density at radius 3 is 2.26 bits per heavy atom.